The summed E-state index contributed by atoms with van der Waals surface area (Å²) in [5.41, 5.74) is 6.25. The molecule has 19 heavy (non-hydrogen) atoms. The number of hydrogen-bond acceptors (Lipinski definition) is 3. The molecular formula is C14H13F2NO2. The average molecular weight is 265 g/mol. The summed E-state index contributed by atoms with van der Waals surface area (Å²) in [5, 5.41) is 0. The minimum atomic E-state index is -0.646. The van der Waals surface area contributed by atoms with E-state index in [0.29, 0.717) is 17.1 Å². The summed E-state index contributed by atoms with van der Waals surface area (Å²) in [7, 11) is 1.50. The number of rotatable bonds is 4. The van der Waals surface area contributed by atoms with Gasteiger partial charge in [-0.15, -0.1) is 0 Å². The zero-order valence-electron chi connectivity index (χ0n) is 10.3. The summed E-state index contributed by atoms with van der Waals surface area (Å²) >= 11 is 0. The number of halogens is 2. The lowest BCUT2D eigenvalue weighted by atomic mass is 10.2. The van der Waals surface area contributed by atoms with Gasteiger partial charge >= 0.3 is 0 Å². The van der Waals surface area contributed by atoms with Gasteiger partial charge in [-0.3, -0.25) is 0 Å². The molecule has 0 spiro atoms. The molecule has 0 unspecified atom stereocenters. The van der Waals surface area contributed by atoms with Gasteiger partial charge in [0.2, 0.25) is 0 Å². The van der Waals surface area contributed by atoms with Crippen LogP contribution in [0.3, 0.4) is 0 Å². The molecule has 5 heteroatoms. The Balaban J connectivity index is 2.38. The minimum absolute atomic E-state index is 0.192. The first-order valence-electron chi connectivity index (χ1n) is 5.64. The Hall–Kier alpha value is -2.14. The van der Waals surface area contributed by atoms with Crippen LogP contribution < -0.4 is 15.2 Å². The highest BCUT2D eigenvalue weighted by molar-refractivity contribution is 5.43. The van der Waals surface area contributed by atoms with Crippen molar-refractivity contribution in [1.29, 1.82) is 0 Å². The van der Waals surface area contributed by atoms with E-state index in [0.717, 1.165) is 18.2 Å². The molecule has 0 aliphatic rings. The van der Waals surface area contributed by atoms with E-state index in [1.807, 2.05) is 0 Å². The monoisotopic (exact) mass is 265 g/mol. The lowest BCUT2D eigenvalue weighted by Crippen LogP contribution is -2.00. The van der Waals surface area contributed by atoms with Gasteiger partial charge in [0.05, 0.1) is 7.11 Å². The van der Waals surface area contributed by atoms with Crippen LogP contribution in [0.4, 0.5) is 8.78 Å². The highest BCUT2D eigenvalue weighted by Crippen LogP contribution is 2.31. The fraction of sp³-hybridized carbons (Fsp3) is 0.143. The SMILES string of the molecule is COc1ccc(CN)c(Oc2cc(F)ccc2F)c1. The van der Waals surface area contributed by atoms with Gasteiger partial charge in [0, 0.05) is 24.2 Å². The summed E-state index contributed by atoms with van der Waals surface area (Å²) in [6.07, 6.45) is 0. The van der Waals surface area contributed by atoms with Crippen LogP contribution in [0.1, 0.15) is 5.56 Å². The largest absolute Gasteiger partial charge is 0.497 e. The highest BCUT2D eigenvalue weighted by atomic mass is 19.1. The molecule has 2 aromatic rings. The summed E-state index contributed by atoms with van der Waals surface area (Å²) < 4.78 is 37.0. The molecule has 0 heterocycles. The molecule has 100 valence electrons. The maximum atomic E-state index is 13.5. The lowest BCUT2D eigenvalue weighted by molar-refractivity contribution is 0.402. The van der Waals surface area contributed by atoms with E-state index in [1.54, 1.807) is 18.2 Å². The van der Waals surface area contributed by atoms with Crippen molar-refractivity contribution in [3.63, 3.8) is 0 Å². The van der Waals surface area contributed by atoms with Crippen LogP contribution in [-0.2, 0) is 6.54 Å². The standard InChI is InChI=1S/C14H13F2NO2/c1-18-11-4-2-9(8-17)13(7-11)19-14-6-10(15)3-5-12(14)16/h2-7H,8,17H2,1H3. The normalized spacial score (nSPS) is 10.3. The van der Waals surface area contributed by atoms with Crippen LogP contribution in [0.25, 0.3) is 0 Å². The van der Waals surface area contributed by atoms with Crippen molar-refractivity contribution in [2.75, 3.05) is 7.11 Å². The molecule has 3 nitrogen and oxygen atoms in total. The van der Waals surface area contributed by atoms with E-state index < -0.39 is 11.6 Å². The first-order chi connectivity index (χ1) is 9.13. The molecule has 2 aromatic carbocycles. The number of benzene rings is 2. The number of nitrogens with two attached hydrogens (primary N) is 1. The second kappa shape index (κ2) is 5.67. The second-order valence-electron chi connectivity index (χ2n) is 3.85. The van der Waals surface area contributed by atoms with E-state index in [1.165, 1.54) is 7.11 Å². The Morgan fingerprint density at radius 2 is 1.84 bits per heavy atom. The van der Waals surface area contributed by atoms with Gasteiger partial charge in [-0.05, 0) is 18.2 Å². The van der Waals surface area contributed by atoms with Gasteiger partial charge in [-0.25, -0.2) is 8.78 Å². The number of ether oxygens (including phenoxy) is 2. The Kier molecular flexibility index (Phi) is 3.97. The molecular weight excluding hydrogens is 252 g/mol. The molecule has 0 bridgehead atoms. The number of methoxy groups -OCH3 is 1. The maximum absolute atomic E-state index is 13.5. The van der Waals surface area contributed by atoms with Crippen molar-refractivity contribution in [1.82, 2.24) is 0 Å². The van der Waals surface area contributed by atoms with E-state index in [2.05, 4.69) is 0 Å². The maximum Gasteiger partial charge on any atom is 0.165 e. The Morgan fingerprint density at radius 1 is 1.05 bits per heavy atom. The first kappa shape index (κ1) is 13.3. The fourth-order valence-corrected chi connectivity index (χ4v) is 1.60. The quantitative estimate of drug-likeness (QED) is 0.923. The second-order valence-corrected chi connectivity index (χ2v) is 3.85. The topological polar surface area (TPSA) is 44.5 Å². The summed E-state index contributed by atoms with van der Waals surface area (Å²) in [5.74, 6) is -0.529. The highest BCUT2D eigenvalue weighted by Gasteiger charge is 2.10. The molecule has 0 atom stereocenters. The van der Waals surface area contributed by atoms with Crippen LogP contribution >= 0.6 is 0 Å². The first-order valence-corrected chi connectivity index (χ1v) is 5.64. The third kappa shape index (κ3) is 3.00. The Bertz CT molecular complexity index is 588. The number of hydrogen-bond donors (Lipinski definition) is 1. The van der Waals surface area contributed by atoms with E-state index in [9.17, 15) is 8.78 Å². The van der Waals surface area contributed by atoms with Gasteiger partial charge in [0.1, 0.15) is 17.3 Å². The van der Waals surface area contributed by atoms with Crippen molar-refractivity contribution in [2.24, 2.45) is 5.73 Å². The molecule has 0 radical (unpaired) electrons. The third-order valence-corrected chi connectivity index (χ3v) is 2.61. The van der Waals surface area contributed by atoms with Crippen LogP contribution in [0.5, 0.6) is 17.2 Å². The lowest BCUT2D eigenvalue weighted by Gasteiger charge is -2.12. The zero-order chi connectivity index (χ0) is 13.8. The van der Waals surface area contributed by atoms with Gasteiger partial charge < -0.3 is 15.2 Å². The van der Waals surface area contributed by atoms with Gasteiger partial charge in [-0.2, -0.15) is 0 Å². The van der Waals surface area contributed by atoms with Crippen molar-refractivity contribution in [3.05, 3.63) is 53.6 Å². The van der Waals surface area contributed by atoms with Crippen LogP contribution in [0.2, 0.25) is 0 Å². The minimum Gasteiger partial charge on any atom is -0.497 e. The molecule has 0 aliphatic heterocycles. The Labute approximate surface area is 109 Å². The van der Waals surface area contributed by atoms with E-state index >= 15 is 0 Å². The van der Waals surface area contributed by atoms with Crippen LogP contribution in [-0.4, -0.2) is 7.11 Å². The molecule has 0 fully saturated rings. The van der Waals surface area contributed by atoms with Crippen molar-refractivity contribution >= 4 is 0 Å². The molecule has 0 saturated heterocycles. The third-order valence-electron chi connectivity index (χ3n) is 2.61. The predicted octanol–water partition coefficient (Wildman–Crippen LogP) is 3.22. The average Bonchev–Trinajstić information content (AvgIpc) is 2.42. The molecule has 2 rings (SSSR count). The molecule has 2 N–H and O–H groups in total. The summed E-state index contributed by atoms with van der Waals surface area (Å²) in [4.78, 5) is 0. The van der Waals surface area contributed by atoms with Gasteiger partial charge in [0.25, 0.3) is 0 Å². The Morgan fingerprint density at radius 3 is 2.53 bits per heavy atom. The zero-order valence-corrected chi connectivity index (χ0v) is 10.3. The van der Waals surface area contributed by atoms with Crippen molar-refractivity contribution < 1.29 is 18.3 Å². The fourth-order valence-electron chi connectivity index (χ4n) is 1.60. The van der Waals surface area contributed by atoms with Crippen LogP contribution in [0, 0.1) is 11.6 Å². The van der Waals surface area contributed by atoms with Crippen molar-refractivity contribution in [3.8, 4) is 17.2 Å². The van der Waals surface area contributed by atoms with Crippen molar-refractivity contribution in [2.45, 2.75) is 6.54 Å². The molecule has 0 aromatic heterocycles. The molecule has 0 amide bonds. The van der Waals surface area contributed by atoms with Gasteiger partial charge in [-0.1, -0.05) is 6.07 Å². The summed E-state index contributed by atoms with van der Waals surface area (Å²) in [6, 6.07) is 8.02. The summed E-state index contributed by atoms with van der Waals surface area (Å²) in [6.45, 7) is 0.219. The van der Waals surface area contributed by atoms with Crippen LogP contribution in [0.15, 0.2) is 36.4 Å². The van der Waals surface area contributed by atoms with Gasteiger partial charge in [0.15, 0.2) is 11.6 Å². The predicted molar refractivity (Wildman–Crippen MR) is 67.3 cm³/mol. The molecule has 0 saturated carbocycles. The smallest absolute Gasteiger partial charge is 0.165 e. The molecule has 0 aliphatic carbocycles. The van der Waals surface area contributed by atoms with E-state index in [4.69, 9.17) is 15.2 Å². The van der Waals surface area contributed by atoms with E-state index in [-0.39, 0.29) is 12.3 Å².